The molecular formula is C26H22N4S. The number of aryl methyl sites for hydroxylation is 1. The summed E-state index contributed by atoms with van der Waals surface area (Å²) in [6.07, 6.45) is 0. The minimum Gasteiger partial charge on any atom is -0.363 e. The van der Waals surface area contributed by atoms with E-state index in [0.29, 0.717) is 0 Å². The van der Waals surface area contributed by atoms with Crippen LogP contribution in [0.3, 0.4) is 0 Å². The molecule has 0 spiro atoms. The Balaban J connectivity index is 1.42. The van der Waals surface area contributed by atoms with E-state index < -0.39 is 0 Å². The van der Waals surface area contributed by atoms with Crippen LogP contribution in [0.15, 0.2) is 84.4 Å². The van der Waals surface area contributed by atoms with Crippen LogP contribution in [0.1, 0.15) is 24.4 Å². The number of aromatic nitrogens is 3. The zero-order valence-electron chi connectivity index (χ0n) is 17.4. The molecule has 31 heavy (non-hydrogen) atoms. The van der Waals surface area contributed by atoms with Crippen molar-refractivity contribution in [2.75, 3.05) is 5.32 Å². The first-order valence-corrected chi connectivity index (χ1v) is 11.1. The number of hydrogen-bond acceptors (Lipinski definition) is 5. The van der Waals surface area contributed by atoms with E-state index in [9.17, 15) is 0 Å². The van der Waals surface area contributed by atoms with Gasteiger partial charge in [-0.25, -0.2) is 15.0 Å². The maximum absolute atomic E-state index is 4.66. The average Bonchev–Trinajstić information content (AvgIpc) is 3.27. The fourth-order valence-corrected chi connectivity index (χ4v) is 4.44. The lowest BCUT2D eigenvalue weighted by molar-refractivity contribution is 0.868. The molecule has 152 valence electrons. The second-order valence-corrected chi connectivity index (χ2v) is 8.46. The van der Waals surface area contributed by atoms with Crippen LogP contribution in [0.25, 0.3) is 32.6 Å². The molecule has 2 heterocycles. The van der Waals surface area contributed by atoms with Gasteiger partial charge in [0, 0.05) is 17.7 Å². The normalized spacial score (nSPS) is 12.1. The number of hydrogen-bond donors (Lipinski definition) is 1. The molecular weight excluding hydrogens is 400 g/mol. The highest BCUT2D eigenvalue weighted by Gasteiger charge is 2.11. The fourth-order valence-electron chi connectivity index (χ4n) is 3.73. The average molecular weight is 423 g/mol. The first-order valence-electron chi connectivity index (χ1n) is 10.3. The Labute approximate surface area is 185 Å². The zero-order chi connectivity index (χ0) is 21.2. The molecule has 0 saturated carbocycles. The highest BCUT2D eigenvalue weighted by atomic mass is 32.1. The summed E-state index contributed by atoms with van der Waals surface area (Å²) < 4.78 is 1.16. The van der Waals surface area contributed by atoms with E-state index in [1.54, 1.807) is 11.3 Å². The highest BCUT2D eigenvalue weighted by Crippen LogP contribution is 2.28. The van der Waals surface area contributed by atoms with Gasteiger partial charge in [-0.2, -0.15) is 0 Å². The van der Waals surface area contributed by atoms with E-state index in [2.05, 4.69) is 87.9 Å². The summed E-state index contributed by atoms with van der Waals surface area (Å²) in [4.78, 5) is 13.7. The summed E-state index contributed by atoms with van der Waals surface area (Å²) in [5.74, 6) is 1.57. The molecule has 5 rings (SSSR count). The first-order chi connectivity index (χ1) is 15.2. The quantitative estimate of drug-likeness (QED) is 0.335. The number of anilines is 1. The molecule has 0 aliphatic carbocycles. The topological polar surface area (TPSA) is 50.7 Å². The zero-order valence-corrected chi connectivity index (χ0v) is 18.2. The van der Waals surface area contributed by atoms with E-state index in [4.69, 9.17) is 0 Å². The number of rotatable bonds is 5. The van der Waals surface area contributed by atoms with Crippen molar-refractivity contribution in [3.05, 3.63) is 95.8 Å². The van der Waals surface area contributed by atoms with Gasteiger partial charge >= 0.3 is 0 Å². The summed E-state index contributed by atoms with van der Waals surface area (Å²) in [6, 6.07) is 27.5. The van der Waals surface area contributed by atoms with Crippen LogP contribution in [0, 0.1) is 6.92 Å². The van der Waals surface area contributed by atoms with Gasteiger partial charge in [0.15, 0.2) is 0 Å². The molecule has 5 aromatic rings. The van der Waals surface area contributed by atoms with Crippen molar-refractivity contribution in [1.82, 2.24) is 15.0 Å². The van der Waals surface area contributed by atoms with Crippen molar-refractivity contribution in [2.24, 2.45) is 0 Å². The van der Waals surface area contributed by atoms with Gasteiger partial charge < -0.3 is 5.32 Å². The minimum absolute atomic E-state index is 0.106. The number of thiazole rings is 1. The lowest BCUT2D eigenvalue weighted by Crippen LogP contribution is -2.09. The third kappa shape index (κ3) is 4.18. The van der Waals surface area contributed by atoms with Crippen molar-refractivity contribution in [2.45, 2.75) is 19.9 Å². The Bertz CT molecular complexity index is 1340. The fraction of sp³-hybridized carbons (Fsp3) is 0.115. The van der Waals surface area contributed by atoms with Crippen LogP contribution in [-0.4, -0.2) is 15.0 Å². The predicted molar refractivity (Wildman–Crippen MR) is 129 cm³/mol. The van der Waals surface area contributed by atoms with Crippen LogP contribution in [0.4, 0.5) is 5.82 Å². The maximum atomic E-state index is 4.66. The Morgan fingerprint density at radius 2 is 1.65 bits per heavy atom. The van der Waals surface area contributed by atoms with Gasteiger partial charge in [0.05, 0.1) is 21.4 Å². The van der Waals surface area contributed by atoms with Crippen LogP contribution < -0.4 is 5.32 Å². The largest absolute Gasteiger partial charge is 0.363 e. The molecule has 4 nitrogen and oxygen atoms in total. The molecule has 0 aliphatic heterocycles. The molecule has 0 amide bonds. The molecule has 2 aromatic heterocycles. The molecule has 1 N–H and O–H groups in total. The molecule has 1 atom stereocenters. The van der Waals surface area contributed by atoms with E-state index >= 15 is 0 Å². The summed E-state index contributed by atoms with van der Waals surface area (Å²) in [6.45, 7) is 4.09. The summed E-state index contributed by atoms with van der Waals surface area (Å²) in [5.41, 5.74) is 8.52. The van der Waals surface area contributed by atoms with Gasteiger partial charge in [-0.15, -0.1) is 11.3 Å². The number of nitrogens with one attached hydrogen (secondary N) is 1. The summed E-state index contributed by atoms with van der Waals surface area (Å²) in [7, 11) is 0. The Morgan fingerprint density at radius 3 is 2.52 bits per heavy atom. The Morgan fingerprint density at radius 1 is 0.806 bits per heavy atom. The van der Waals surface area contributed by atoms with E-state index in [0.717, 1.165) is 33.1 Å². The molecule has 3 aromatic carbocycles. The van der Waals surface area contributed by atoms with Crippen molar-refractivity contribution in [3.8, 4) is 22.4 Å². The van der Waals surface area contributed by atoms with E-state index in [1.807, 2.05) is 30.6 Å². The first kappa shape index (κ1) is 19.4. The molecule has 5 heteroatoms. The third-order valence-electron chi connectivity index (χ3n) is 5.32. The predicted octanol–water partition coefficient (Wildman–Crippen LogP) is 6.90. The molecule has 0 aliphatic rings. The number of benzene rings is 3. The van der Waals surface area contributed by atoms with Gasteiger partial charge in [0.1, 0.15) is 11.6 Å². The van der Waals surface area contributed by atoms with Crippen LogP contribution in [-0.2, 0) is 0 Å². The summed E-state index contributed by atoms with van der Waals surface area (Å²) >= 11 is 1.64. The highest BCUT2D eigenvalue weighted by molar-refractivity contribution is 7.16. The van der Waals surface area contributed by atoms with Gasteiger partial charge in [-0.1, -0.05) is 54.6 Å². The smallest absolute Gasteiger partial charge is 0.130 e. The standard InChI is InChI=1S/C26H22N4S/c1-17(20-9-6-10-21(13-20)19-7-4-3-5-8-19)28-26-15-24(29-18(2)30-26)22-11-12-23-25(14-22)31-16-27-23/h3-17H,1-2H3,(H,28,29,30). The molecule has 0 fully saturated rings. The van der Waals surface area contributed by atoms with Crippen molar-refractivity contribution < 1.29 is 0 Å². The molecule has 0 radical (unpaired) electrons. The number of fused-ring (bicyclic) bond motifs is 1. The monoisotopic (exact) mass is 422 g/mol. The molecule has 0 bridgehead atoms. The van der Waals surface area contributed by atoms with E-state index in [-0.39, 0.29) is 6.04 Å². The van der Waals surface area contributed by atoms with Crippen molar-refractivity contribution in [3.63, 3.8) is 0 Å². The minimum atomic E-state index is 0.106. The van der Waals surface area contributed by atoms with Crippen LogP contribution >= 0.6 is 11.3 Å². The Kier molecular flexibility index (Phi) is 5.18. The van der Waals surface area contributed by atoms with Crippen molar-refractivity contribution >= 4 is 27.4 Å². The van der Waals surface area contributed by atoms with Crippen molar-refractivity contribution in [1.29, 1.82) is 0 Å². The van der Waals surface area contributed by atoms with Gasteiger partial charge in [0.25, 0.3) is 0 Å². The van der Waals surface area contributed by atoms with Gasteiger partial charge in [-0.05, 0) is 48.7 Å². The van der Waals surface area contributed by atoms with Crippen LogP contribution in [0.5, 0.6) is 0 Å². The lowest BCUT2D eigenvalue weighted by atomic mass is 10.00. The molecule has 0 saturated heterocycles. The van der Waals surface area contributed by atoms with E-state index in [1.165, 1.54) is 16.7 Å². The lowest BCUT2D eigenvalue weighted by Gasteiger charge is -2.17. The molecule has 1 unspecified atom stereocenters. The second-order valence-electron chi connectivity index (χ2n) is 7.58. The second kappa shape index (κ2) is 8.28. The summed E-state index contributed by atoms with van der Waals surface area (Å²) in [5, 5.41) is 3.56. The van der Waals surface area contributed by atoms with Gasteiger partial charge in [-0.3, -0.25) is 0 Å². The number of nitrogens with zero attached hydrogens (tertiary/aromatic N) is 3. The third-order valence-corrected chi connectivity index (χ3v) is 6.11. The Hall–Kier alpha value is -3.57. The SMILES string of the molecule is Cc1nc(NC(C)c2cccc(-c3ccccc3)c2)cc(-c2ccc3ncsc3c2)n1. The maximum Gasteiger partial charge on any atom is 0.130 e. The van der Waals surface area contributed by atoms with Crippen LogP contribution in [0.2, 0.25) is 0 Å². The van der Waals surface area contributed by atoms with Gasteiger partial charge in [0.2, 0.25) is 0 Å².